The van der Waals surface area contributed by atoms with Crippen LogP contribution in [0, 0.1) is 0 Å². The molecule has 0 saturated heterocycles. The Balaban J connectivity index is 2.04. The summed E-state index contributed by atoms with van der Waals surface area (Å²) in [4.78, 5) is 13.2. The first kappa shape index (κ1) is 14.2. The van der Waals surface area contributed by atoms with E-state index >= 15 is 0 Å². The highest BCUT2D eigenvalue weighted by Gasteiger charge is 2.33. The fraction of sp³-hybridized carbons (Fsp3) is 0.357. The van der Waals surface area contributed by atoms with Gasteiger partial charge in [0, 0.05) is 16.6 Å². The lowest BCUT2D eigenvalue weighted by Gasteiger charge is -2.20. The number of halogens is 3. The molecule has 0 N–H and O–H groups in total. The van der Waals surface area contributed by atoms with Crippen molar-refractivity contribution in [3.8, 4) is 0 Å². The van der Waals surface area contributed by atoms with Crippen molar-refractivity contribution in [2.75, 3.05) is 6.54 Å². The van der Waals surface area contributed by atoms with Gasteiger partial charge < -0.3 is 4.90 Å². The van der Waals surface area contributed by atoms with E-state index < -0.39 is 13.0 Å². The summed E-state index contributed by atoms with van der Waals surface area (Å²) in [7, 11) is 0. The van der Waals surface area contributed by atoms with Crippen molar-refractivity contribution >= 4 is 27.9 Å². The Kier molecular flexibility index (Phi) is 4.69. The van der Waals surface area contributed by atoms with Gasteiger partial charge in [-0.05, 0) is 30.5 Å². The smallest absolute Gasteiger partial charge is 0.255 e. The Bertz CT molecular complexity index is 486. The van der Waals surface area contributed by atoms with Gasteiger partial charge in [-0.3, -0.25) is 4.79 Å². The SMILES string of the molecule is O=C(/C=C/c1ccccc1Br)N(CC(F)F)C1CC1. The topological polar surface area (TPSA) is 20.3 Å². The predicted molar refractivity (Wildman–Crippen MR) is 73.9 cm³/mol. The maximum absolute atomic E-state index is 12.4. The van der Waals surface area contributed by atoms with Gasteiger partial charge in [0.25, 0.3) is 6.43 Å². The van der Waals surface area contributed by atoms with E-state index in [1.54, 1.807) is 6.08 Å². The maximum atomic E-state index is 12.4. The minimum atomic E-state index is -2.48. The Hall–Kier alpha value is -1.23. The van der Waals surface area contributed by atoms with Gasteiger partial charge in [0.2, 0.25) is 5.91 Å². The summed E-state index contributed by atoms with van der Waals surface area (Å²) in [5, 5.41) is 0. The van der Waals surface area contributed by atoms with Crippen LogP contribution in [0.25, 0.3) is 6.08 Å². The molecule has 0 atom stereocenters. The summed E-state index contributed by atoms with van der Waals surface area (Å²) in [6, 6.07) is 7.43. The number of hydrogen-bond donors (Lipinski definition) is 0. The number of carbonyl (C=O) groups is 1. The molecule has 2 nitrogen and oxygen atoms in total. The van der Waals surface area contributed by atoms with E-state index in [4.69, 9.17) is 0 Å². The number of alkyl halides is 2. The predicted octanol–water partition coefficient (Wildman–Crippen LogP) is 3.72. The Labute approximate surface area is 119 Å². The van der Waals surface area contributed by atoms with Crippen LogP contribution in [0.15, 0.2) is 34.8 Å². The highest BCUT2D eigenvalue weighted by Crippen LogP contribution is 2.28. The van der Waals surface area contributed by atoms with Gasteiger partial charge in [-0.25, -0.2) is 8.78 Å². The largest absolute Gasteiger partial charge is 0.330 e. The summed E-state index contributed by atoms with van der Waals surface area (Å²) >= 11 is 3.37. The molecule has 0 bridgehead atoms. The molecule has 0 aromatic heterocycles. The van der Waals surface area contributed by atoms with Crippen molar-refractivity contribution in [2.45, 2.75) is 25.3 Å². The second-order valence-electron chi connectivity index (χ2n) is 4.47. The Morgan fingerprint density at radius 2 is 2.11 bits per heavy atom. The van der Waals surface area contributed by atoms with Gasteiger partial charge >= 0.3 is 0 Å². The molecule has 2 rings (SSSR count). The third-order valence-electron chi connectivity index (χ3n) is 2.92. The van der Waals surface area contributed by atoms with E-state index in [0.29, 0.717) is 0 Å². The van der Waals surface area contributed by atoms with Crippen LogP contribution in [0.4, 0.5) is 8.78 Å². The summed E-state index contributed by atoms with van der Waals surface area (Å²) in [6.07, 6.45) is 2.16. The van der Waals surface area contributed by atoms with Crippen LogP contribution in [-0.4, -0.2) is 29.8 Å². The van der Waals surface area contributed by atoms with Crippen molar-refractivity contribution in [2.24, 2.45) is 0 Å². The normalized spacial score (nSPS) is 15.2. The standard InChI is InChI=1S/C14H14BrF2NO/c15-12-4-2-1-3-10(12)5-8-14(19)18(9-13(16)17)11-6-7-11/h1-5,8,11,13H,6-7,9H2/b8-5+. The van der Waals surface area contributed by atoms with Crippen molar-refractivity contribution in [3.05, 3.63) is 40.4 Å². The lowest BCUT2D eigenvalue weighted by molar-refractivity contribution is -0.128. The molecule has 1 amide bonds. The maximum Gasteiger partial charge on any atom is 0.255 e. The first-order chi connectivity index (χ1) is 9.08. The third-order valence-corrected chi connectivity index (χ3v) is 3.64. The van der Waals surface area contributed by atoms with Crippen LogP contribution >= 0.6 is 15.9 Å². The van der Waals surface area contributed by atoms with Crippen molar-refractivity contribution in [1.29, 1.82) is 0 Å². The summed E-state index contributed by atoms with van der Waals surface area (Å²) in [5.41, 5.74) is 0.851. The van der Waals surface area contributed by atoms with Crippen LogP contribution in [0.2, 0.25) is 0 Å². The molecule has 1 saturated carbocycles. The highest BCUT2D eigenvalue weighted by atomic mass is 79.9. The van der Waals surface area contributed by atoms with Crippen LogP contribution in [-0.2, 0) is 4.79 Å². The van der Waals surface area contributed by atoms with Crippen LogP contribution in [0.5, 0.6) is 0 Å². The van der Waals surface area contributed by atoms with Crippen LogP contribution < -0.4 is 0 Å². The van der Waals surface area contributed by atoms with Gasteiger partial charge in [0.15, 0.2) is 0 Å². The quantitative estimate of drug-likeness (QED) is 0.754. The molecule has 102 valence electrons. The number of benzene rings is 1. The van der Waals surface area contributed by atoms with E-state index in [2.05, 4.69) is 15.9 Å². The highest BCUT2D eigenvalue weighted by molar-refractivity contribution is 9.10. The molecule has 1 aliphatic rings. The first-order valence-corrected chi connectivity index (χ1v) is 6.88. The van der Waals surface area contributed by atoms with Gasteiger partial charge in [-0.1, -0.05) is 34.1 Å². The van der Waals surface area contributed by atoms with E-state index in [1.807, 2.05) is 24.3 Å². The van der Waals surface area contributed by atoms with Crippen molar-refractivity contribution < 1.29 is 13.6 Å². The molecule has 1 aliphatic carbocycles. The van der Waals surface area contributed by atoms with Crippen molar-refractivity contribution in [3.63, 3.8) is 0 Å². The lowest BCUT2D eigenvalue weighted by Crippen LogP contribution is -2.35. The third kappa shape index (κ3) is 4.13. The fourth-order valence-electron chi connectivity index (χ4n) is 1.82. The summed E-state index contributed by atoms with van der Waals surface area (Å²) < 4.78 is 25.7. The van der Waals surface area contributed by atoms with E-state index in [0.717, 1.165) is 22.9 Å². The molecule has 1 fully saturated rings. The van der Waals surface area contributed by atoms with Crippen molar-refractivity contribution in [1.82, 2.24) is 4.90 Å². The van der Waals surface area contributed by atoms with Gasteiger partial charge in [-0.15, -0.1) is 0 Å². The second kappa shape index (κ2) is 6.28. The fourth-order valence-corrected chi connectivity index (χ4v) is 2.24. The summed E-state index contributed by atoms with van der Waals surface area (Å²) in [5.74, 6) is -0.349. The molecule has 1 aromatic carbocycles. The Morgan fingerprint density at radius 1 is 1.42 bits per heavy atom. The molecule has 0 radical (unpaired) electrons. The second-order valence-corrected chi connectivity index (χ2v) is 5.32. The summed E-state index contributed by atoms with van der Waals surface area (Å²) in [6.45, 7) is -0.482. The molecule has 19 heavy (non-hydrogen) atoms. The molecule has 0 spiro atoms. The zero-order valence-corrected chi connectivity index (χ0v) is 11.8. The number of rotatable bonds is 5. The Morgan fingerprint density at radius 3 is 2.68 bits per heavy atom. The minimum Gasteiger partial charge on any atom is -0.330 e. The molecule has 0 heterocycles. The van der Waals surface area contributed by atoms with E-state index in [-0.39, 0.29) is 11.9 Å². The average Bonchev–Trinajstić information content (AvgIpc) is 3.18. The molecular formula is C14H14BrF2NO. The molecular weight excluding hydrogens is 316 g/mol. The van der Waals surface area contributed by atoms with Crippen LogP contribution in [0.3, 0.4) is 0 Å². The van der Waals surface area contributed by atoms with Gasteiger partial charge in [0.05, 0.1) is 6.54 Å². The first-order valence-electron chi connectivity index (χ1n) is 6.09. The van der Waals surface area contributed by atoms with Crippen LogP contribution in [0.1, 0.15) is 18.4 Å². The zero-order chi connectivity index (χ0) is 13.8. The molecule has 0 aliphatic heterocycles. The monoisotopic (exact) mass is 329 g/mol. The van der Waals surface area contributed by atoms with E-state index in [1.165, 1.54) is 11.0 Å². The van der Waals surface area contributed by atoms with Gasteiger partial charge in [0.1, 0.15) is 0 Å². The lowest BCUT2D eigenvalue weighted by atomic mass is 10.2. The van der Waals surface area contributed by atoms with Gasteiger partial charge in [-0.2, -0.15) is 0 Å². The molecule has 0 unspecified atom stereocenters. The number of carbonyl (C=O) groups excluding carboxylic acids is 1. The minimum absolute atomic E-state index is 0.00892. The number of nitrogens with zero attached hydrogens (tertiary/aromatic N) is 1. The zero-order valence-electron chi connectivity index (χ0n) is 10.2. The number of amides is 1. The number of hydrogen-bond acceptors (Lipinski definition) is 1. The van der Waals surface area contributed by atoms with E-state index in [9.17, 15) is 13.6 Å². The molecule has 1 aromatic rings. The average molecular weight is 330 g/mol. The molecule has 5 heteroatoms.